The van der Waals surface area contributed by atoms with Crippen molar-refractivity contribution in [2.24, 2.45) is 0 Å². The zero-order valence-electron chi connectivity index (χ0n) is 15.2. The van der Waals surface area contributed by atoms with E-state index in [1.165, 1.54) is 5.56 Å². The number of aromatic nitrogens is 1. The van der Waals surface area contributed by atoms with Gasteiger partial charge in [0.05, 0.1) is 10.9 Å². The number of pyridine rings is 1. The molecule has 1 aliphatic heterocycles. The summed E-state index contributed by atoms with van der Waals surface area (Å²) in [6, 6.07) is 19.8. The quantitative estimate of drug-likeness (QED) is 0.666. The van der Waals surface area contributed by atoms with E-state index in [1.807, 2.05) is 48.5 Å². The van der Waals surface area contributed by atoms with Gasteiger partial charge in [-0.3, -0.25) is 19.9 Å². The first-order valence-corrected chi connectivity index (χ1v) is 9.61. The smallest absolute Gasteiger partial charge is 0.234 e. The predicted molar refractivity (Wildman–Crippen MR) is 109 cm³/mol. The maximum atomic E-state index is 12.2. The molecular formula is C23H19ClN2O2. The van der Waals surface area contributed by atoms with Crippen LogP contribution in [0.3, 0.4) is 0 Å². The van der Waals surface area contributed by atoms with Crippen LogP contribution in [0, 0.1) is 0 Å². The molecule has 2 heterocycles. The largest absolute Gasteiger partial charge is 0.296 e. The molecule has 5 heteroatoms. The zero-order chi connectivity index (χ0) is 19.5. The van der Waals surface area contributed by atoms with E-state index in [4.69, 9.17) is 11.6 Å². The van der Waals surface area contributed by atoms with Crippen LogP contribution in [0.15, 0.2) is 66.9 Å². The fourth-order valence-electron chi connectivity index (χ4n) is 3.55. The van der Waals surface area contributed by atoms with Crippen molar-refractivity contribution in [3.63, 3.8) is 0 Å². The number of carbonyl (C=O) groups is 2. The molecule has 1 atom stereocenters. The summed E-state index contributed by atoms with van der Waals surface area (Å²) in [4.78, 5) is 28.0. The molecule has 0 saturated carbocycles. The third kappa shape index (κ3) is 3.82. The molecule has 0 aliphatic carbocycles. The number of carbonyl (C=O) groups excluding carboxylic acids is 2. The molecule has 0 spiro atoms. The van der Waals surface area contributed by atoms with Crippen LogP contribution in [0.5, 0.6) is 0 Å². The maximum absolute atomic E-state index is 12.2. The minimum Gasteiger partial charge on any atom is -0.296 e. The molecule has 2 amide bonds. The van der Waals surface area contributed by atoms with Crippen LogP contribution in [0.2, 0.25) is 5.02 Å². The summed E-state index contributed by atoms with van der Waals surface area (Å²) in [5, 5.41) is 2.97. The summed E-state index contributed by atoms with van der Waals surface area (Å²) in [5.74, 6) is -0.897. The SMILES string of the molecule is O=C1CCC(c2cccc(-c3ccc(Cc4ccccn4)cc3)c2Cl)C(=O)N1. The molecule has 1 N–H and O–H groups in total. The van der Waals surface area contributed by atoms with Crippen LogP contribution in [-0.2, 0) is 16.0 Å². The van der Waals surface area contributed by atoms with E-state index in [0.717, 1.165) is 28.8 Å². The molecule has 4 nitrogen and oxygen atoms in total. The number of hydrogen-bond donors (Lipinski definition) is 1. The lowest BCUT2D eigenvalue weighted by Gasteiger charge is -2.23. The molecule has 1 aromatic heterocycles. The molecule has 1 fully saturated rings. The summed E-state index contributed by atoms with van der Waals surface area (Å²) < 4.78 is 0. The lowest BCUT2D eigenvalue weighted by Crippen LogP contribution is -2.39. The molecule has 0 bridgehead atoms. The molecule has 4 rings (SSSR count). The van der Waals surface area contributed by atoms with E-state index in [9.17, 15) is 9.59 Å². The Kier molecular flexibility index (Phi) is 5.22. The van der Waals surface area contributed by atoms with Crippen LogP contribution in [0.4, 0.5) is 0 Å². The normalized spacial score (nSPS) is 16.7. The lowest BCUT2D eigenvalue weighted by molar-refractivity contribution is -0.134. The molecule has 3 aromatic rings. The molecule has 140 valence electrons. The maximum Gasteiger partial charge on any atom is 0.234 e. The summed E-state index contributed by atoms with van der Waals surface area (Å²) in [7, 11) is 0. The average molecular weight is 391 g/mol. The van der Waals surface area contributed by atoms with Gasteiger partial charge in [-0.05, 0) is 35.2 Å². The first-order chi connectivity index (χ1) is 13.6. The summed E-state index contributed by atoms with van der Waals surface area (Å²) in [6.07, 6.45) is 3.38. The molecule has 28 heavy (non-hydrogen) atoms. The number of piperidine rings is 1. The van der Waals surface area contributed by atoms with E-state index >= 15 is 0 Å². The number of rotatable bonds is 4. The summed E-state index contributed by atoms with van der Waals surface area (Å²) in [5.41, 5.74) is 4.83. The number of imide groups is 1. The van der Waals surface area contributed by atoms with E-state index < -0.39 is 5.92 Å². The lowest BCUT2D eigenvalue weighted by atomic mass is 9.88. The van der Waals surface area contributed by atoms with Gasteiger partial charge >= 0.3 is 0 Å². The van der Waals surface area contributed by atoms with Crippen molar-refractivity contribution < 1.29 is 9.59 Å². The molecule has 1 unspecified atom stereocenters. The number of nitrogens with zero attached hydrogens (tertiary/aromatic N) is 1. The van der Waals surface area contributed by atoms with Gasteiger partial charge in [0.2, 0.25) is 11.8 Å². The minimum absolute atomic E-state index is 0.225. The molecule has 1 aliphatic rings. The van der Waals surface area contributed by atoms with Gasteiger partial charge in [-0.25, -0.2) is 0 Å². The van der Waals surface area contributed by atoms with Crippen molar-refractivity contribution in [3.05, 3.63) is 88.7 Å². The fourth-order valence-corrected chi connectivity index (χ4v) is 3.91. The van der Waals surface area contributed by atoms with Gasteiger partial charge in [-0.15, -0.1) is 0 Å². The van der Waals surface area contributed by atoms with Gasteiger partial charge in [0.15, 0.2) is 0 Å². The first-order valence-electron chi connectivity index (χ1n) is 9.23. The van der Waals surface area contributed by atoms with Crippen molar-refractivity contribution in [2.45, 2.75) is 25.2 Å². The molecule has 2 aromatic carbocycles. The number of amides is 2. The Bertz CT molecular complexity index is 1020. The van der Waals surface area contributed by atoms with Crippen LogP contribution in [0.25, 0.3) is 11.1 Å². The molecule has 1 saturated heterocycles. The van der Waals surface area contributed by atoms with Crippen molar-refractivity contribution >= 4 is 23.4 Å². The van der Waals surface area contributed by atoms with Crippen LogP contribution in [-0.4, -0.2) is 16.8 Å². The van der Waals surface area contributed by atoms with Gasteiger partial charge < -0.3 is 0 Å². The number of benzene rings is 2. The second kappa shape index (κ2) is 7.95. The van der Waals surface area contributed by atoms with Crippen molar-refractivity contribution in [1.82, 2.24) is 10.3 Å². The highest BCUT2D eigenvalue weighted by molar-refractivity contribution is 6.34. The highest BCUT2D eigenvalue weighted by Crippen LogP contribution is 2.37. The fraction of sp³-hybridized carbons (Fsp3) is 0.174. The molecule has 0 radical (unpaired) electrons. The van der Waals surface area contributed by atoms with Crippen LogP contribution in [0.1, 0.15) is 35.6 Å². The van der Waals surface area contributed by atoms with E-state index in [0.29, 0.717) is 17.9 Å². The number of hydrogen-bond acceptors (Lipinski definition) is 3. The summed E-state index contributed by atoms with van der Waals surface area (Å²) >= 11 is 6.67. The number of nitrogens with one attached hydrogen (secondary N) is 1. The standard InChI is InChI=1S/C23H19ClN2O2/c24-22-18(5-3-6-19(22)20-11-12-21(27)26-23(20)28)16-9-7-15(8-10-16)14-17-4-1-2-13-25-17/h1-10,13,20H,11-12,14H2,(H,26,27,28). The molecular weight excluding hydrogens is 372 g/mol. The zero-order valence-corrected chi connectivity index (χ0v) is 15.9. The van der Waals surface area contributed by atoms with Crippen molar-refractivity contribution in [2.75, 3.05) is 0 Å². The average Bonchev–Trinajstić information content (AvgIpc) is 2.70. The Morgan fingerprint density at radius 1 is 1.00 bits per heavy atom. The van der Waals surface area contributed by atoms with Gasteiger partial charge in [0.1, 0.15) is 0 Å². The van der Waals surface area contributed by atoms with Crippen LogP contribution >= 0.6 is 11.6 Å². The van der Waals surface area contributed by atoms with Crippen molar-refractivity contribution in [3.8, 4) is 11.1 Å². The summed E-state index contributed by atoms with van der Waals surface area (Å²) in [6.45, 7) is 0. The van der Waals surface area contributed by atoms with Gasteiger partial charge in [0.25, 0.3) is 0 Å². The highest BCUT2D eigenvalue weighted by atomic mass is 35.5. The second-order valence-electron chi connectivity index (χ2n) is 6.91. The van der Waals surface area contributed by atoms with Gasteiger partial charge in [-0.2, -0.15) is 0 Å². The minimum atomic E-state index is -0.395. The third-order valence-corrected chi connectivity index (χ3v) is 5.44. The highest BCUT2D eigenvalue weighted by Gasteiger charge is 2.30. The van der Waals surface area contributed by atoms with E-state index in [1.54, 1.807) is 6.20 Å². The van der Waals surface area contributed by atoms with Gasteiger partial charge in [-0.1, -0.05) is 60.1 Å². The van der Waals surface area contributed by atoms with E-state index in [-0.39, 0.29) is 11.8 Å². The van der Waals surface area contributed by atoms with E-state index in [2.05, 4.69) is 22.4 Å². The number of halogens is 1. The Labute approximate surface area is 168 Å². The Balaban J connectivity index is 1.59. The second-order valence-corrected chi connectivity index (χ2v) is 7.29. The monoisotopic (exact) mass is 390 g/mol. The Morgan fingerprint density at radius 2 is 1.82 bits per heavy atom. The Hall–Kier alpha value is -2.98. The topological polar surface area (TPSA) is 59.1 Å². The third-order valence-electron chi connectivity index (χ3n) is 5.02. The van der Waals surface area contributed by atoms with Crippen LogP contribution < -0.4 is 5.32 Å². The Morgan fingerprint density at radius 3 is 2.54 bits per heavy atom. The first kappa shape index (κ1) is 18.4. The predicted octanol–water partition coefficient (Wildman–Crippen LogP) is 4.51. The van der Waals surface area contributed by atoms with Crippen molar-refractivity contribution in [1.29, 1.82) is 0 Å². The van der Waals surface area contributed by atoms with Gasteiger partial charge in [0, 0.05) is 30.3 Å².